The Morgan fingerprint density at radius 1 is 1.03 bits per heavy atom. The average Bonchev–Trinajstić information content (AvgIpc) is 2.94. The van der Waals surface area contributed by atoms with Crippen molar-refractivity contribution in [3.05, 3.63) is 94.0 Å². The van der Waals surface area contributed by atoms with Crippen molar-refractivity contribution in [2.24, 2.45) is 0 Å². The van der Waals surface area contributed by atoms with Crippen LogP contribution in [0.5, 0.6) is 11.5 Å². The first-order chi connectivity index (χ1) is 17.9. The second kappa shape index (κ2) is 10.6. The highest BCUT2D eigenvalue weighted by atomic mass is 16.5. The van der Waals surface area contributed by atoms with Crippen LogP contribution in [0.25, 0.3) is 0 Å². The van der Waals surface area contributed by atoms with E-state index in [1.165, 1.54) is 0 Å². The molecule has 0 aliphatic carbocycles. The largest absolute Gasteiger partial charge is 0.508 e. The molecule has 0 aromatic heterocycles. The van der Waals surface area contributed by atoms with Gasteiger partial charge < -0.3 is 30.5 Å². The first-order valence-electron chi connectivity index (χ1n) is 12.5. The first kappa shape index (κ1) is 24.8. The molecule has 0 saturated carbocycles. The van der Waals surface area contributed by atoms with Gasteiger partial charge in [-0.05, 0) is 83.6 Å². The third-order valence-corrected chi connectivity index (χ3v) is 7.23. The van der Waals surface area contributed by atoms with Crippen molar-refractivity contribution in [2.45, 2.75) is 38.1 Å². The Kier molecular flexibility index (Phi) is 7.12. The van der Waals surface area contributed by atoms with E-state index in [2.05, 4.69) is 10.6 Å². The molecule has 2 aliphatic heterocycles. The van der Waals surface area contributed by atoms with Crippen molar-refractivity contribution >= 4 is 11.8 Å². The van der Waals surface area contributed by atoms with Crippen LogP contribution in [0, 0.1) is 0 Å². The molecule has 0 spiro atoms. The van der Waals surface area contributed by atoms with Crippen molar-refractivity contribution in [3.8, 4) is 11.5 Å². The molecule has 0 fully saturated rings. The van der Waals surface area contributed by atoms with Gasteiger partial charge in [-0.2, -0.15) is 0 Å². The van der Waals surface area contributed by atoms with Crippen LogP contribution in [0.3, 0.4) is 0 Å². The van der Waals surface area contributed by atoms with E-state index in [1.807, 2.05) is 23.1 Å². The summed E-state index contributed by atoms with van der Waals surface area (Å²) < 4.78 is 5.17. The Hall–Kier alpha value is -3.88. The Labute approximate surface area is 215 Å². The standard InChI is InChI=1S/C29H31N3O5/c1-37-25-8-5-18(6-9-25)29(36)32-11-10-20-12-21(2-3-22(20)17-32)28(35)31-16-27(34)26-14-19-4-7-24(33)13-23(19)15-30-26/h2-9,12-13,26-27,30,33-34H,10-11,14-17H2,1H3,(H,31,35)/t26-,27+/m0/s1. The molecule has 0 saturated heterocycles. The summed E-state index contributed by atoms with van der Waals surface area (Å²) in [4.78, 5) is 27.6. The van der Waals surface area contributed by atoms with Crippen LogP contribution in [-0.4, -0.2) is 59.3 Å². The first-order valence-corrected chi connectivity index (χ1v) is 12.5. The predicted molar refractivity (Wildman–Crippen MR) is 139 cm³/mol. The number of ether oxygens (including phenoxy) is 1. The highest BCUT2D eigenvalue weighted by Crippen LogP contribution is 2.24. The number of amides is 2. The summed E-state index contributed by atoms with van der Waals surface area (Å²) in [6, 6.07) is 17.7. The van der Waals surface area contributed by atoms with Gasteiger partial charge in [0.1, 0.15) is 11.5 Å². The molecule has 3 aromatic rings. The van der Waals surface area contributed by atoms with E-state index in [-0.39, 0.29) is 30.2 Å². The smallest absolute Gasteiger partial charge is 0.254 e. The number of hydrogen-bond acceptors (Lipinski definition) is 6. The van der Waals surface area contributed by atoms with Crippen LogP contribution in [-0.2, 0) is 25.9 Å². The van der Waals surface area contributed by atoms with Gasteiger partial charge in [0.05, 0.1) is 13.2 Å². The number of phenols is 1. The summed E-state index contributed by atoms with van der Waals surface area (Å²) in [6.45, 7) is 1.76. The quantitative estimate of drug-likeness (QED) is 0.413. The highest BCUT2D eigenvalue weighted by Gasteiger charge is 2.26. The van der Waals surface area contributed by atoms with Gasteiger partial charge in [0, 0.05) is 43.3 Å². The second-order valence-electron chi connectivity index (χ2n) is 9.61. The monoisotopic (exact) mass is 501 g/mol. The third-order valence-electron chi connectivity index (χ3n) is 7.23. The fourth-order valence-corrected chi connectivity index (χ4v) is 5.02. The minimum Gasteiger partial charge on any atom is -0.508 e. The minimum absolute atomic E-state index is 0.0279. The van der Waals surface area contributed by atoms with Crippen molar-refractivity contribution in [2.75, 3.05) is 20.2 Å². The molecular weight excluding hydrogens is 470 g/mol. The van der Waals surface area contributed by atoms with E-state index in [4.69, 9.17) is 4.74 Å². The molecule has 192 valence electrons. The highest BCUT2D eigenvalue weighted by molar-refractivity contribution is 5.95. The van der Waals surface area contributed by atoms with Crippen LogP contribution in [0.4, 0.5) is 0 Å². The van der Waals surface area contributed by atoms with Gasteiger partial charge in [-0.15, -0.1) is 0 Å². The zero-order chi connectivity index (χ0) is 25.9. The van der Waals surface area contributed by atoms with Gasteiger partial charge in [0.15, 0.2) is 0 Å². The predicted octanol–water partition coefficient (Wildman–Crippen LogP) is 2.40. The lowest BCUT2D eigenvalue weighted by Crippen LogP contribution is -2.49. The van der Waals surface area contributed by atoms with Crippen molar-refractivity contribution in [3.63, 3.8) is 0 Å². The number of phenolic OH excluding ortho intramolecular Hbond substituents is 1. The zero-order valence-corrected chi connectivity index (χ0v) is 20.7. The topological polar surface area (TPSA) is 111 Å². The van der Waals surface area contributed by atoms with Crippen molar-refractivity contribution in [1.82, 2.24) is 15.5 Å². The maximum atomic E-state index is 12.9. The molecular formula is C29H31N3O5. The number of carbonyl (C=O) groups is 2. The zero-order valence-electron chi connectivity index (χ0n) is 20.7. The summed E-state index contributed by atoms with van der Waals surface area (Å²) in [7, 11) is 1.59. The van der Waals surface area contributed by atoms with Gasteiger partial charge in [-0.3, -0.25) is 9.59 Å². The Morgan fingerprint density at radius 2 is 1.78 bits per heavy atom. The number of rotatable bonds is 6. The lowest BCUT2D eigenvalue weighted by molar-refractivity contribution is 0.0734. The number of nitrogens with one attached hydrogen (secondary N) is 2. The number of aromatic hydroxyl groups is 1. The normalized spacial score (nSPS) is 17.4. The fourth-order valence-electron chi connectivity index (χ4n) is 5.02. The second-order valence-corrected chi connectivity index (χ2v) is 9.61. The van der Waals surface area contributed by atoms with E-state index >= 15 is 0 Å². The van der Waals surface area contributed by atoms with Crippen LogP contribution in [0.2, 0.25) is 0 Å². The number of methoxy groups -OCH3 is 1. The van der Waals surface area contributed by atoms with Crippen LogP contribution < -0.4 is 15.4 Å². The summed E-state index contributed by atoms with van der Waals surface area (Å²) in [6.07, 6.45) is 0.542. The summed E-state index contributed by atoms with van der Waals surface area (Å²) in [5, 5.41) is 26.5. The number of aliphatic hydroxyl groups excluding tert-OH is 1. The third kappa shape index (κ3) is 5.45. The lowest BCUT2D eigenvalue weighted by Gasteiger charge is -2.30. The Morgan fingerprint density at radius 3 is 2.57 bits per heavy atom. The number of fused-ring (bicyclic) bond motifs is 2. The number of aliphatic hydroxyl groups is 1. The van der Waals surface area contributed by atoms with Gasteiger partial charge in [0.25, 0.3) is 11.8 Å². The molecule has 0 bridgehead atoms. The molecule has 2 atom stereocenters. The molecule has 2 heterocycles. The number of benzene rings is 3. The molecule has 4 N–H and O–H groups in total. The molecule has 3 aromatic carbocycles. The molecule has 0 radical (unpaired) electrons. The molecule has 0 unspecified atom stereocenters. The van der Waals surface area contributed by atoms with E-state index in [0.29, 0.717) is 49.4 Å². The van der Waals surface area contributed by atoms with E-state index < -0.39 is 6.10 Å². The number of hydrogen-bond donors (Lipinski definition) is 4. The molecule has 5 rings (SSSR count). The van der Waals surface area contributed by atoms with Crippen LogP contribution in [0.1, 0.15) is 43.0 Å². The van der Waals surface area contributed by atoms with Gasteiger partial charge in [0.2, 0.25) is 0 Å². The van der Waals surface area contributed by atoms with Gasteiger partial charge in [-0.1, -0.05) is 12.1 Å². The maximum Gasteiger partial charge on any atom is 0.254 e. The molecule has 8 heteroatoms. The van der Waals surface area contributed by atoms with E-state index in [0.717, 1.165) is 22.3 Å². The van der Waals surface area contributed by atoms with Gasteiger partial charge in [-0.25, -0.2) is 0 Å². The average molecular weight is 502 g/mol. The summed E-state index contributed by atoms with van der Waals surface area (Å²) in [5.74, 6) is 0.674. The molecule has 8 nitrogen and oxygen atoms in total. The van der Waals surface area contributed by atoms with Crippen molar-refractivity contribution in [1.29, 1.82) is 0 Å². The van der Waals surface area contributed by atoms with E-state index in [9.17, 15) is 19.8 Å². The molecule has 2 aliphatic rings. The summed E-state index contributed by atoms with van der Waals surface area (Å²) >= 11 is 0. The number of carbonyl (C=O) groups excluding carboxylic acids is 2. The molecule has 2 amide bonds. The SMILES string of the molecule is COc1ccc(C(=O)N2CCc3cc(C(=O)NC[C@@H](O)[C@@H]4Cc5ccc(O)cc5CN4)ccc3C2)cc1. The Bertz CT molecular complexity index is 1310. The maximum absolute atomic E-state index is 12.9. The number of nitrogens with zero attached hydrogens (tertiary/aromatic N) is 1. The summed E-state index contributed by atoms with van der Waals surface area (Å²) in [5.41, 5.74) is 5.35. The minimum atomic E-state index is -0.749. The van der Waals surface area contributed by atoms with Crippen LogP contribution in [0.15, 0.2) is 60.7 Å². The Balaban J connectivity index is 1.16. The van der Waals surface area contributed by atoms with E-state index in [1.54, 1.807) is 49.6 Å². The van der Waals surface area contributed by atoms with Crippen molar-refractivity contribution < 1.29 is 24.5 Å². The van der Waals surface area contributed by atoms with Crippen LogP contribution >= 0.6 is 0 Å². The molecule has 37 heavy (non-hydrogen) atoms. The fraction of sp³-hybridized carbons (Fsp3) is 0.310. The lowest BCUT2D eigenvalue weighted by atomic mass is 9.92. The van der Waals surface area contributed by atoms with Gasteiger partial charge >= 0.3 is 0 Å².